The van der Waals surface area contributed by atoms with Crippen LogP contribution in [0.3, 0.4) is 0 Å². The second-order valence-corrected chi connectivity index (χ2v) is 5.55. The summed E-state index contributed by atoms with van der Waals surface area (Å²) in [6, 6.07) is 7.45. The number of fused-ring (bicyclic) bond motifs is 1. The lowest BCUT2D eigenvalue weighted by molar-refractivity contribution is 0.0600. The summed E-state index contributed by atoms with van der Waals surface area (Å²) in [6.45, 7) is 0. The Bertz CT molecular complexity index is 871. The number of nitrogens with one attached hydrogen (secondary N) is 1. The maximum atomic E-state index is 11.4. The number of nitrogen functional groups attached to an aromatic ring is 2. The minimum atomic E-state index is -0.324. The van der Waals surface area contributed by atoms with Crippen LogP contribution in [0.5, 0.6) is 0 Å². The number of benzene rings is 1. The number of ether oxygens (including phenoxy) is 1. The fourth-order valence-electron chi connectivity index (χ4n) is 2.75. The predicted molar refractivity (Wildman–Crippen MR) is 92.5 cm³/mol. The van der Waals surface area contributed by atoms with Gasteiger partial charge in [0.05, 0.1) is 18.1 Å². The lowest BCUT2D eigenvalue weighted by Crippen LogP contribution is -2.01. The summed E-state index contributed by atoms with van der Waals surface area (Å²) in [4.78, 5) is 22.7. The van der Waals surface area contributed by atoms with Gasteiger partial charge in [0.25, 0.3) is 0 Å². The minimum Gasteiger partial charge on any atom is -0.465 e. The fraction of sp³-hybridized carbons (Fsp3) is 0.235. The Morgan fingerprint density at radius 2 is 1.92 bits per heavy atom. The number of carbonyl (C=O) groups excluding carboxylic acids is 1. The number of aromatic amines is 1. The number of hydrogen-bond acceptors (Lipinski definition) is 6. The van der Waals surface area contributed by atoms with Crippen LogP contribution in [0.4, 0.5) is 11.8 Å². The van der Waals surface area contributed by atoms with E-state index in [0.717, 1.165) is 35.8 Å². The molecule has 2 heterocycles. The highest BCUT2D eigenvalue weighted by Crippen LogP contribution is 2.24. The SMILES string of the molecule is COC(=O)c1ccc(CCCc2c[nH]c3nc(N)nc(N)c23)cc1. The normalized spacial score (nSPS) is 10.9. The quantitative estimate of drug-likeness (QED) is 0.618. The molecule has 0 aliphatic heterocycles. The van der Waals surface area contributed by atoms with Gasteiger partial charge in [-0.15, -0.1) is 0 Å². The summed E-state index contributed by atoms with van der Waals surface area (Å²) in [5.74, 6) is 0.241. The third kappa shape index (κ3) is 3.15. The van der Waals surface area contributed by atoms with Crippen LogP contribution in [0.1, 0.15) is 27.9 Å². The van der Waals surface area contributed by atoms with Crippen molar-refractivity contribution in [1.29, 1.82) is 0 Å². The molecule has 0 atom stereocenters. The molecule has 124 valence electrons. The third-order valence-electron chi connectivity index (χ3n) is 3.95. The number of nitrogens with zero attached hydrogens (tertiary/aromatic N) is 2. The highest BCUT2D eigenvalue weighted by atomic mass is 16.5. The maximum absolute atomic E-state index is 11.4. The number of carbonyl (C=O) groups is 1. The van der Waals surface area contributed by atoms with E-state index in [-0.39, 0.29) is 11.9 Å². The maximum Gasteiger partial charge on any atom is 0.337 e. The predicted octanol–water partition coefficient (Wildman–Crippen LogP) is 2.08. The van der Waals surface area contributed by atoms with Crippen molar-refractivity contribution in [3.8, 4) is 0 Å². The monoisotopic (exact) mass is 325 g/mol. The van der Waals surface area contributed by atoms with Gasteiger partial charge < -0.3 is 21.2 Å². The summed E-state index contributed by atoms with van der Waals surface area (Å²) >= 11 is 0. The number of methoxy groups -OCH3 is 1. The van der Waals surface area contributed by atoms with Gasteiger partial charge in [-0.25, -0.2) is 4.79 Å². The zero-order valence-corrected chi connectivity index (χ0v) is 13.4. The molecule has 0 fully saturated rings. The molecule has 0 saturated carbocycles. The molecule has 3 aromatic rings. The van der Waals surface area contributed by atoms with E-state index in [1.54, 1.807) is 12.1 Å². The van der Waals surface area contributed by atoms with Gasteiger partial charge in [0.15, 0.2) is 0 Å². The molecular weight excluding hydrogens is 306 g/mol. The Kier molecular flexibility index (Phi) is 4.33. The van der Waals surface area contributed by atoms with Gasteiger partial charge in [-0.3, -0.25) is 0 Å². The summed E-state index contributed by atoms with van der Waals surface area (Å²) in [6.07, 6.45) is 4.57. The van der Waals surface area contributed by atoms with Crippen molar-refractivity contribution < 1.29 is 9.53 Å². The number of H-pyrrole nitrogens is 1. The van der Waals surface area contributed by atoms with Gasteiger partial charge >= 0.3 is 5.97 Å². The third-order valence-corrected chi connectivity index (χ3v) is 3.95. The van der Waals surface area contributed by atoms with Crippen LogP contribution in [0.25, 0.3) is 11.0 Å². The van der Waals surface area contributed by atoms with E-state index < -0.39 is 0 Å². The Morgan fingerprint density at radius 1 is 1.17 bits per heavy atom. The topological polar surface area (TPSA) is 120 Å². The van der Waals surface area contributed by atoms with Gasteiger partial charge in [-0.2, -0.15) is 9.97 Å². The van der Waals surface area contributed by atoms with Crippen molar-refractivity contribution in [3.05, 3.63) is 47.2 Å². The first-order valence-corrected chi connectivity index (χ1v) is 7.64. The van der Waals surface area contributed by atoms with Gasteiger partial charge in [-0.1, -0.05) is 12.1 Å². The molecule has 7 heteroatoms. The molecule has 5 N–H and O–H groups in total. The van der Waals surface area contributed by atoms with Gasteiger partial charge in [0.1, 0.15) is 11.5 Å². The zero-order valence-electron chi connectivity index (χ0n) is 13.4. The molecule has 2 aromatic heterocycles. The molecule has 0 saturated heterocycles. The number of rotatable bonds is 5. The zero-order chi connectivity index (χ0) is 17.1. The second-order valence-electron chi connectivity index (χ2n) is 5.55. The van der Waals surface area contributed by atoms with Crippen LogP contribution >= 0.6 is 0 Å². The first-order valence-electron chi connectivity index (χ1n) is 7.64. The van der Waals surface area contributed by atoms with E-state index in [1.807, 2.05) is 18.3 Å². The van der Waals surface area contributed by atoms with Crippen molar-refractivity contribution in [1.82, 2.24) is 15.0 Å². The fourth-order valence-corrected chi connectivity index (χ4v) is 2.75. The van der Waals surface area contributed by atoms with Crippen LogP contribution in [0.15, 0.2) is 30.5 Å². The molecule has 0 aliphatic carbocycles. The Balaban J connectivity index is 1.65. The van der Waals surface area contributed by atoms with Gasteiger partial charge in [-0.05, 0) is 42.5 Å². The first-order chi connectivity index (χ1) is 11.6. The number of aromatic nitrogens is 3. The van der Waals surface area contributed by atoms with Crippen molar-refractivity contribution >= 4 is 28.8 Å². The molecule has 0 aliphatic rings. The number of nitrogens with two attached hydrogens (primary N) is 2. The van der Waals surface area contributed by atoms with Crippen LogP contribution in [0, 0.1) is 0 Å². The number of anilines is 2. The van der Waals surface area contributed by atoms with E-state index in [9.17, 15) is 4.79 Å². The summed E-state index contributed by atoms with van der Waals surface area (Å²) in [5.41, 5.74) is 15.0. The van der Waals surface area contributed by atoms with Crippen LogP contribution in [-0.4, -0.2) is 28.0 Å². The lowest BCUT2D eigenvalue weighted by atomic mass is 10.0. The molecule has 0 bridgehead atoms. The average Bonchev–Trinajstić information content (AvgIpc) is 2.98. The van der Waals surface area contributed by atoms with Crippen molar-refractivity contribution in [2.45, 2.75) is 19.3 Å². The van der Waals surface area contributed by atoms with Crippen LogP contribution in [0.2, 0.25) is 0 Å². The molecule has 0 spiro atoms. The van der Waals surface area contributed by atoms with Crippen molar-refractivity contribution in [2.24, 2.45) is 0 Å². The van der Waals surface area contributed by atoms with E-state index >= 15 is 0 Å². The van der Waals surface area contributed by atoms with E-state index in [2.05, 4.69) is 15.0 Å². The number of esters is 1. The second kappa shape index (κ2) is 6.57. The molecular formula is C17H19N5O2. The van der Waals surface area contributed by atoms with Crippen LogP contribution in [-0.2, 0) is 17.6 Å². The van der Waals surface area contributed by atoms with E-state index in [0.29, 0.717) is 17.0 Å². The summed E-state index contributed by atoms with van der Waals surface area (Å²) in [5, 5.41) is 0.838. The van der Waals surface area contributed by atoms with Crippen molar-refractivity contribution in [3.63, 3.8) is 0 Å². The Hall–Kier alpha value is -3.09. The smallest absolute Gasteiger partial charge is 0.337 e. The minimum absolute atomic E-state index is 0.166. The number of hydrogen-bond donors (Lipinski definition) is 3. The molecule has 0 radical (unpaired) electrons. The molecule has 0 unspecified atom stereocenters. The molecule has 3 rings (SSSR count). The van der Waals surface area contributed by atoms with E-state index in [4.69, 9.17) is 16.2 Å². The summed E-state index contributed by atoms with van der Waals surface area (Å²) < 4.78 is 4.69. The van der Waals surface area contributed by atoms with Crippen molar-refractivity contribution in [2.75, 3.05) is 18.6 Å². The molecule has 24 heavy (non-hydrogen) atoms. The van der Waals surface area contributed by atoms with Gasteiger partial charge in [0, 0.05) is 6.20 Å². The Labute approximate surface area is 139 Å². The standard InChI is InChI=1S/C17H19N5O2/c1-24-16(23)11-7-5-10(6-8-11)3-2-4-12-9-20-15-13(12)14(18)21-17(19)22-15/h5-9H,2-4H2,1H3,(H5,18,19,20,21,22). The largest absolute Gasteiger partial charge is 0.465 e. The summed E-state index contributed by atoms with van der Waals surface area (Å²) in [7, 11) is 1.38. The molecule has 0 amide bonds. The average molecular weight is 325 g/mol. The Morgan fingerprint density at radius 3 is 2.62 bits per heavy atom. The highest BCUT2D eigenvalue weighted by molar-refractivity contribution is 5.90. The van der Waals surface area contributed by atoms with E-state index in [1.165, 1.54) is 7.11 Å². The lowest BCUT2D eigenvalue weighted by Gasteiger charge is -2.04. The highest BCUT2D eigenvalue weighted by Gasteiger charge is 2.11. The number of aryl methyl sites for hydroxylation is 2. The van der Waals surface area contributed by atoms with Crippen LogP contribution < -0.4 is 11.5 Å². The molecule has 7 nitrogen and oxygen atoms in total. The molecule has 1 aromatic carbocycles. The van der Waals surface area contributed by atoms with Gasteiger partial charge in [0.2, 0.25) is 5.95 Å². The first kappa shape index (κ1) is 15.8.